The zero-order valence-corrected chi connectivity index (χ0v) is 19.5. The molecule has 6 unspecified atom stereocenters. The van der Waals surface area contributed by atoms with Crippen LogP contribution in [0, 0.1) is 34.5 Å². The minimum absolute atomic E-state index is 0.00597. The molecule has 4 rings (SSSR count). The number of carbonyl (C=O) groups excluding carboxylic acids is 1. The van der Waals surface area contributed by atoms with Crippen LogP contribution in [0.1, 0.15) is 44.9 Å². The number of rotatable bonds is 5. The summed E-state index contributed by atoms with van der Waals surface area (Å²) in [6, 6.07) is 2.28. The number of nitrogens with one attached hydrogen (secondary N) is 3. The Morgan fingerprint density at radius 2 is 1.94 bits per heavy atom. The van der Waals surface area contributed by atoms with E-state index >= 15 is 0 Å². The Morgan fingerprint density at radius 1 is 1.24 bits per heavy atom. The number of hydrogen-bond acceptors (Lipinski definition) is 6. The predicted molar refractivity (Wildman–Crippen MR) is 118 cm³/mol. The molecule has 2 heterocycles. The molecule has 186 valence electrons. The van der Waals surface area contributed by atoms with Gasteiger partial charge in [-0.2, -0.15) is 18.4 Å². The minimum Gasteiger partial charge on any atom is -0.354 e. The van der Waals surface area contributed by atoms with Crippen molar-refractivity contribution in [1.29, 1.82) is 5.26 Å². The van der Waals surface area contributed by atoms with Crippen LogP contribution in [0.25, 0.3) is 0 Å². The highest BCUT2D eigenvalue weighted by atomic mass is 35.5. The van der Waals surface area contributed by atoms with Gasteiger partial charge < -0.3 is 16.4 Å². The molecular weight excluding hydrogens is 457 g/mol. The summed E-state index contributed by atoms with van der Waals surface area (Å²) in [5.41, 5.74) is 5.20. The number of amides is 1. The van der Waals surface area contributed by atoms with Crippen LogP contribution < -0.4 is 21.7 Å². The number of piperidine rings is 1. The van der Waals surface area contributed by atoms with E-state index in [-0.39, 0.29) is 42.5 Å². The monoisotopic (exact) mass is 490 g/mol. The first-order valence-electron chi connectivity index (χ1n) is 12.0. The highest BCUT2D eigenvalue weighted by Gasteiger charge is 2.51. The fourth-order valence-corrected chi connectivity index (χ4v) is 5.94. The molecule has 4 aliphatic rings. The topological polar surface area (TPSA) is 106 Å². The van der Waals surface area contributed by atoms with Crippen LogP contribution in [0.3, 0.4) is 0 Å². The Bertz CT molecular complexity index is 749. The molecular formula is C22H34ClF3N6O. The third kappa shape index (κ3) is 5.59. The van der Waals surface area contributed by atoms with E-state index in [0.717, 1.165) is 25.9 Å². The molecule has 33 heavy (non-hydrogen) atoms. The number of nitrogens with two attached hydrogens (primary N) is 1. The van der Waals surface area contributed by atoms with Gasteiger partial charge in [0.2, 0.25) is 5.91 Å². The van der Waals surface area contributed by atoms with Crippen LogP contribution in [0.15, 0.2) is 0 Å². The molecule has 0 aromatic carbocycles. The normalized spacial score (nSPS) is 37.8. The molecule has 11 heteroatoms. The summed E-state index contributed by atoms with van der Waals surface area (Å²) in [6.45, 7) is 2.58. The molecule has 2 saturated carbocycles. The van der Waals surface area contributed by atoms with E-state index in [4.69, 9.17) is 17.3 Å². The zero-order chi connectivity index (χ0) is 23.8. The third-order valence-electron chi connectivity index (χ3n) is 7.99. The van der Waals surface area contributed by atoms with Gasteiger partial charge in [0.25, 0.3) is 0 Å². The number of likely N-dealkylation sites (tertiary alicyclic amines) is 1. The van der Waals surface area contributed by atoms with Crippen molar-refractivity contribution in [3.05, 3.63) is 0 Å². The Hall–Kier alpha value is -1.12. The predicted octanol–water partition coefficient (Wildman–Crippen LogP) is 1.88. The standard InChI is InChI=1S/C22H34ClF3N6O/c23-17-2-1-13(9-16(17)22(24,25)26)18-29-10-14(11-30-20(33)21(12-27)5-6-21)19(31-18)32-7-3-15(28)4-8-32/h13-19,29,31H,1-11,28H2,(H,30,33). The quantitative estimate of drug-likeness (QED) is 0.438. The van der Waals surface area contributed by atoms with Crippen molar-refractivity contribution in [3.8, 4) is 6.07 Å². The summed E-state index contributed by atoms with van der Waals surface area (Å²) in [7, 11) is 0. The Kier molecular flexibility index (Phi) is 7.47. The van der Waals surface area contributed by atoms with Crippen LogP contribution in [0.4, 0.5) is 13.2 Å². The summed E-state index contributed by atoms with van der Waals surface area (Å²) in [5.74, 6) is -1.87. The number of hydrogen-bond donors (Lipinski definition) is 4. The molecule has 6 atom stereocenters. The molecule has 0 spiro atoms. The number of halogens is 4. The van der Waals surface area contributed by atoms with E-state index in [9.17, 15) is 23.2 Å². The molecule has 0 aromatic heterocycles. The maximum absolute atomic E-state index is 13.5. The average Bonchev–Trinajstić information content (AvgIpc) is 3.59. The van der Waals surface area contributed by atoms with E-state index in [1.807, 2.05) is 0 Å². The Balaban J connectivity index is 1.42. The molecule has 7 nitrogen and oxygen atoms in total. The van der Waals surface area contributed by atoms with Crippen LogP contribution in [-0.4, -0.2) is 66.9 Å². The van der Waals surface area contributed by atoms with Gasteiger partial charge in [-0.1, -0.05) is 0 Å². The number of alkyl halides is 4. The van der Waals surface area contributed by atoms with Crippen molar-refractivity contribution in [2.24, 2.45) is 28.9 Å². The van der Waals surface area contributed by atoms with Crippen LogP contribution in [-0.2, 0) is 4.79 Å². The molecule has 2 aliphatic carbocycles. The zero-order valence-electron chi connectivity index (χ0n) is 18.7. The van der Waals surface area contributed by atoms with Crippen molar-refractivity contribution < 1.29 is 18.0 Å². The van der Waals surface area contributed by atoms with E-state index < -0.39 is 22.9 Å². The van der Waals surface area contributed by atoms with Crippen molar-refractivity contribution in [3.63, 3.8) is 0 Å². The van der Waals surface area contributed by atoms with Gasteiger partial charge in [-0.05, 0) is 50.9 Å². The first kappa shape index (κ1) is 25.0. The SMILES string of the molecule is N#CC1(C(=O)NCC2CNC(C3CCC(Cl)C(C(F)(F)F)C3)NC2N2CCC(N)CC2)CC1. The van der Waals surface area contributed by atoms with Gasteiger partial charge in [0.1, 0.15) is 5.41 Å². The lowest BCUT2D eigenvalue weighted by molar-refractivity contribution is -0.186. The molecule has 2 saturated heterocycles. The number of carbonyl (C=O) groups is 1. The molecule has 2 aliphatic heterocycles. The lowest BCUT2D eigenvalue weighted by Crippen LogP contribution is -2.69. The fraction of sp³-hybridized carbons (Fsp3) is 0.909. The second kappa shape index (κ2) is 9.86. The second-order valence-corrected chi connectivity index (χ2v) is 10.8. The summed E-state index contributed by atoms with van der Waals surface area (Å²) < 4.78 is 40.5. The summed E-state index contributed by atoms with van der Waals surface area (Å²) in [5, 5.41) is 18.3. The molecule has 4 fully saturated rings. The molecule has 1 amide bonds. The van der Waals surface area contributed by atoms with Gasteiger partial charge in [0, 0.05) is 43.5 Å². The minimum atomic E-state index is -4.30. The molecule has 5 N–H and O–H groups in total. The van der Waals surface area contributed by atoms with Gasteiger partial charge in [0.15, 0.2) is 0 Å². The Labute approximate surface area is 197 Å². The van der Waals surface area contributed by atoms with Crippen LogP contribution in [0.2, 0.25) is 0 Å². The third-order valence-corrected chi connectivity index (χ3v) is 8.51. The molecule has 0 bridgehead atoms. The fourth-order valence-electron chi connectivity index (χ4n) is 5.57. The van der Waals surface area contributed by atoms with Crippen LogP contribution in [0.5, 0.6) is 0 Å². The van der Waals surface area contributed by atoms with Crippen LogP contribution >= 0.6 is 11.6 Å². The summed E-state index contributed by atoms with van der Waals surface area (Å²) in [6.07, 6.45) is -0.739. The number of nitrogens with zero attached hydrogens (tertiary/aromatic N) is 2. The molecule has 0 aromatic rings. The Morgan fingerprint density at radius 3 is 2.55 bits per heavy atom. The lowest BCUT2D eigenvalue weighted by atomic mass is 9.78. The van der Waals surface area contributed by atoms with E-state index in [1.54, 1.807) is 0 Å². The van der Waals surface area contributed by atoms with Gasteiger partial charge >= 0.3 is 6.18 Å². The van der Waals surface area contributed by atoms with Crippen molar-refractivity contribution in [2.75, 3.05) is 26.2 Å². The van der Waals surface area contributed by atoms with E-state index in [1.165, 1.54) is 0 Å². The lowest BCUT2D eigenvalue weighted by Gasteiger charge is -2.49. The number of nitriles is 1. The van der Waals surface area contributed by atoms with Gasteiger partial charge in [-0.15, -0.1) is 11.6 Å². The summed E-state index contributed by atoms with van der Waals surface area (Å²) in [4.78, 5) is 14.8. The first-order chi connectivity index (χ1) is 15.6. The van der Waals surface area contributed by atoms with Gasteiger partial charge in [-0.3, -0.25) is 15.0 Å². The maximum Gasteiger partial charge on any atom is 0.393 e. The second-order valence-electron chi connectivity index (χ2n) is 10.3. The van der Waals surface area contributed by atoms with E-state index in [2.05, 4.69) is 26.9 Å². The molecule has 0 radical (unpaired) electrons. The van der Waals surface area contributed by atoms with Gasteiger partial charge in [-0.25, -0.2) is 0 Å². The highest BCUT2D eigenvalue weighted by molar-refractivity contribution is 6.20. The maximum atomic E-state index is 13.5. The first-order valence-corrected chi connectivity index (χ1v) is 12.5. The van der Waals surface area contributed by atoms with Crippen molar-refractivity contribution in [1.82, 2.24) is 20.9 Å². The highest BCUT2D eigenvalue weighted by Crippen LogP contribution is 2.45. The van der Waals surface area contributed by atoms with Crippen molar-refractivity contribution >= 4 is 17.5 Å². The smallest absolute Gasteiger partial charge is 0.354 e. The van der Waals surface area contributed by atoms with E-state index in [0.29, 0.717) is 38.8 Å². The largest absolute Gasteiger partial charge is 0.393 e. The average molecular weight is 491 g/mol. The summed E-state index contributed by atoms with van der Waals surface area (Å²) >= 11 is 6.04. The van der Waals surface area contributed by atoms with Crippen molar-refractivity contribution in [2.45, 2.75) is 74.9 Å². The van der Waals surface area contributed by atoms with Gasteiger partial charge in [0.05, 0.1) is 24.3 Å².